The predicted octanol–water partition coefficient (Wildman–Crippen LogP) is 3.77. The number of aryl methyl sites for hydroxylation is 3. The highest BCUT2D eigenvalue weighted by molar-refractivity contribution is 5.95. The van der Waals surface area contributed by atoms with Gasteiger partial charge in [-0.25, -0.2) is 4.98 Å². The lowest BCUT2D eigenvalue weighted by Crippen LogP contribution is -2.17. The van der Waals surface area contributed by atoms with Gasteiger partial charge in [0.2, 0.25) is 29.3 Å². The number of aromatic nitrogens is 7. The molecule has 0 bridgehead atoms. The van der Waals surface area contributed by atoms with Crippen molar-refractivity contribution in [2.75, 3.05) is 17.2 Å². The maximum absolute atomic E-state index is 12.6. The zero-order valence-corrected chi connectivity index (χ0v) is 20.1. The fraction of sp³-hybridized carbons (Fsp3) is 0.292. The average molecular weight is 488 g/mol. The molecule has 2 N–H and O–H groups in total. The zero-order chi connectivity index (χ0) is 25.1. The summed E-state index contributed by atoms with van der Waals surface area (Å²) in [7, 11) is 1.76. The standard InChI is InChI=1S/C24H25N9O3/c1-4-5-21-29-24(32-36-21)18-13-19(30-33(18)3)28-20(34)9-11-26-23-17-12-16(22-27-14(2)35-31-22)7-6-15(17)8-10-25-23/h6-8,10,12-13H,4-5,9,11H2,1-3H3,(H,25,26)(H,28,30,34). The highest BCUT2D eigenvalue weighted by Crippen LogP contribution is 2.27. The Morgan fingerprint density at radius 2 is 1.94 bits per heavy atom. The molecule has 0 radical (unpaired) electrons. The van der Waals surface area contributed by atoms with Gasteiger partial charge >= 0.3 is 0 Å². The van der Waals surface area contributed by atoms with Crippen LogP contribution in [0.2, 0.25) is 0 Å². The van der Waals surface area contributed by atoms with Crippen molar-refractivity contribution in [2.24, 2.45) is 7.05 Å². The summed E-state index contributed by atoms with van der Waals surface area (Å²) in [5.74, 6) is 2.93. The molecule has 0 atom stereocenters. The van der Waals surface area contributed by atoms with E-state index in [1.165, 1.54) is 0 Å². The van der Waals surface area contributed by atoms with Crippen LogP contribution in [-0.4, -0.2) is 47.5 Å². The number of fused-ring (bicyclic) bond motifs is 1. The van der Waals surface area contributed by atoms with E-state index in [9.17, 15) is 4.79 Å². The van der Waals surface area contributed by atoms with Gasteiger partial charge in [-0.2, -0.15) is 15.1 Å². The van der Waals surface area contributed by atoms with E-state index in [0.717, 1.165) is 22.8 Å². The number of hydrogen-bond donors (Lipinski definition) is 2. The number of nitrogens with one attached hydrogen (secondary N) is 2. The van der Waals surface area contributed by atoms with Crippen molar-refractivity contribution in [1.82, 2.24) is 35.0 Å². The maximum atomic E-state index is 12.6. The number of anilines is 2. The molecule has 4 aromatic heterocycles. The van der Waals surface area contributed by atoms with Crippen LogP contribution in [0, 0.1) is 6.92 Å². The number of amides is 1. The van der Waals surface area contributed by atoms with Crippen molar-refractivity contribution in [2.45, 2.75) is 33.1 Å². The minimum absolute atomic E-state index is 0.185. The molecule has 0 aliphatic heterocycles. The van der Waals surface area contributed by atoms with Crippen LogP contribution < -0.4 is 10.6 Å². The Kier molecular flexibility index (Phi) is 6.39. The summed E-state index contributed by atoms with van der Waals surface area (Å²) in [6, 6.07) is 9.51. The number of nitrogens with zero attached hydrogens (tertiary/aromatic N) is 7. The molecule has 0 saturated carbocycles. The molecule has 12 heteroatoms. The van der Waals surface area contributed by atoms with E-state index >= 15 is 0 Å². The number of carbonyl (C=O) groups excluding carboxylic acids is 1. The Hall–Kier alpha value is -4.61. The Bertz CT molecular complexity index is 1520. The fourth-order valence-corrected chi connectivity index (χ4v) is 3.78. The molecule has 4 heterocycles. The van der Waals surface area contributed by atoms with E-state index in [4.69, 9.17) is 9.05 Å². The van der Waals surface area contributed by atoms with Gasteiger partial charge in [-0.15, -0.1) is 0 Å². The van der Waals surface area contributed by atoms with Crippen molar-refractivity contribution < 1.29 is 13.8 Å². The van der Waals surface area contributed by atoms with E-state index in [2.05, 4.69) is 41.0 Å². The molecule has 184 valence electrons. The normalized spacial score (nSPS) is 11.2. The lowest BCUT2D eigenvalue weighted by molar-refractivity contribution is -0.116. The molecule has 5 rings (SSSR count). The van der Waals surface area contributed by atoms with Gasteiger partial charge in [0.25, 0.3) is 0 Å². The van der Waals surface area contributed by atoms with Crippen molar-refractivity contribution in [3.8, 4) is 22.9 Å². The molecule has 5 aromatic rings. The molecule has 36 heavy (non-hydrogen) atoms. The van der Waals surface area contributed by atoms with Crippen LogP contribution in [0.4, 0.5) is 11.6 Å². The number of hydrogen-bond acceptors (Lipinski definition) is 10. The average Bonchev–Trinajstić information content (AvgIpc) is 3.59. The van der Waals surface area contributed by atoms with Gasteiger partial charge in [-0.3, -0.25) is 9.48 Å². The van der Waals surface area contributed by atoms with E-state index in [1.807, 2.05) is 31.2 Å². The van der Waals surface area contributed by atoms with Crippen molar-refractivity contribution in [1.29, 1.82) is 0 Å². The molecule has 12 nitrogen and oxygen atoms in total. The monoisotopic (exact) mass is 487 g/mol. The fourth-order valence-electron chi connectivity index (χ4n) is 3.78. The number of carbonyl (C=O) groups is 1. The van der Waals surface area contributed by atoms with Gasteiger partial charge < -0.3 is 19.7 Å². The molecule has 0 aliphatic carbocycles. The van der Waals surface area contributed by atoms with Gasteiger partial charge in [-0.1, -0.05) is 29.4 Å². The summed E-state index contributed by atoms with van der Waals surface area (Å²) >= 11 is 0. The minimum Gasteiger partial charge on any atom is -0.369 e. The van der Waals surface area contributed by atoms with Crippen molar-refractivity contribution in [3.05, 3.63) is 48.3 Å². The highest BCUT2D eigenvalue weighted by Gasteiger charge is 2.15. The summed E-state index contributed by atoms with van der Waals surface area (Å²) in [5, 5.41) is 20.3. The molecule has 0 unspecified atom stereocenters. The lowest BCUT2D eigenvalue weighted by atomic mass is 10.1. The van der Waals surface area contributed by atoms with E-state index in [-0.39, 0.29) is 12.3 Å². The van der Waals surface area contributed by atoms with Gasteiger partial charge in [0.1, 0.15) is 11.5 Å². The largest absolute Gasteiger partial charge is 0.369 e. The quantitative estimate of drug-likeness (QED) is 0.314. The third-order valence-corrected chi connectivity index (χ3v) is 5.50. The molecule has 0 spiro atoms. The van der Waals surface area contributed by atoms with Gasteiger partial charge in [0.05, 0.1) is 0 Å². The van der Waals surface area contributed by atoms with Crippen LogP contribution in [0.15, 0.2) is 45.6 Å². The van der Waals surface area contributed by atoms with Gasteiger partial charge in [-0.05, 0) is 23.9 Å². The second kappa shape index (κ2) is 9.94. The molecule has 1 aromatic carbocycles. The Labute approximate surface area is 206 Å². The van der Waals surface area contributed by atoms with E-state index < -0.39 is 0 Å². The van der Waals surface area contributed by atoms with E-state index in [0.29, 0.717) is 53.7 Å². The smallest absolute Gasteiger partial charge is 0.227 e. The summed E-state index contributed by atoms with van der Waals surface area (Å²) in [4.78, 5) is 25.7. The van der Waals surface area contributed by atoms with Crippen molar-refractivity contribution in [3.63, 3.8) is 0 Å². The second-order valence-electron chi connectivity index (χ2n) is 8.26. The van der Waals surface area contributed by atoms with Crippen LogP contribution >= 0.6 is 0 Å². The lowest BCUT2D eigenvalue weighted by Gasteiger charge is -2.09. The van der Waals surface area contributed by atoms with Crippen LogP contribution in [0.1, 0.15) is 31.5 Å². The molecular weight excluding hydrogens is 462 g/mol. The van der Waals surface area contributed by atoms with Gasteiger partial charge in [0, 0.05) is 56.6 Å². The molecule has 0 saturated heterocycles. The first-order valence-electron chi connectivity index (χ1n) is 11.6. The van der Waals surface area contributed by atoms with Crippen LogP contribution in [0.25, 0.3) is 33.7 Å². The summed E-state index contributed by atoms with van der Waals surface area (Å²) < 4.78 is 11.9. The Morgan fingerprint density at radius 1 is 1.08 bits per heavy atom. The van der Waals surface area contributed by atoms with E-state index in [1.54, 1.807) is 30.9 Å². The van der Waals surface area contributed by atoms with Crippen LogP contribution in [0.5, 0.6) is 0 Å². The highest BCUT2D eigenvalue weighted by atomic mass is 16.5. The SMILES string of the molecule is CCCc1nc(-c2cc(NC(=O)CCNc3nccc4ccc(-c5noc(C)n5)cc34)nn2C)no1. The molecule has 0 fully saturated rings. The first kappa shape index (κ1) is 23.1. The summed E-state index contributed by atoms with van der Waals surface area (Å²) in [5.41, 5.74) is 1.48. The number of rotatable bonds is 9. The molecule has 0 aliphatic rings. The number of pyridine rings is 1. The van der Waals surface area contributed by atoms with Crippen LogP contribution in [0.3, 0.4) is 0 Å². The van der Waals surface area contributed by atoms with Crippen molar-refractivity contribution >= 4 is 28.3 Å². The van der Waals surface area contributed by atoms with Gasteiger partial charge in [0.15, 0.2) is 5.82 Å². The molecular formula is C24H25N9O3. The third kappa shape index (κ3) is 4.92. The minimum atomic E-state index is -0.185. The van der Waals surface area contributed by atoms with Crippen LogP contribution in [-0.2, 0) is 18.3 Å². The third-order valence-electron chi connectivity index (χ3n) is 5.50. The second-order valence-corrected chi connectivity index (χ2v) is 8.26. The Balaban J connectivity index is 1.22. The first-order chi connectivity index (χ1) is 17.5. The number of benzene rings is 1. The zero-order valence-electron chi connectivity index (χ0n) is 20.1. The Morgan fingerprint density at radius 3 is 2.75 bits per heavy atom. The topological polar surface area (TPSA) is 150 Å². The molecule has 1 amide bonds. The summed E-state index contributed by atoms with van der Waals surface area (Å²) in [6.07, 6.45) is 3.57. The maximum Gasteiger partial charge on any atom is 0.227 e. The summed E-state index contributed by atoms with van der Waals surface area (Å²) in [6.45, 7) is 4.17. The first-order valence-corrected chi connectivity index (χ1v) is 11.6. The predicted molar refractivity (Wildman–Crippen MR) is 132 cm³/mol.